The predicted molar refractivity (Wildman–Crippen MR) is 104 cm³/mol. The third kappa shape index (κ3) is 3.32. The van der Waals surface area contributed by atoms with Crippen molar-refractivity contribution in [1.29, 1.82) is 0 Å². The summed E-state index contributed by atoms with van der Waals surface area (Å²) in [6, 6.07) is 20.3. The molecule has 2 aromatic carbocycles. The van der Waals surface area contributed by atoms with E-state index >= 15 is 0 Å². The molecule has 0 amide bonds. The first-order valence-electron chi connectivity index (χ1n) is 9.11. The smallest absolute Gasteiger partial charge is 0.177 e. The van der Waals surface area contributed by atoms with Crippen molar-refractivity contribution in [1.82, 2.24) is 0 Å². The number of epoxide rings is 1. The SMILES string of the molecule is O=S(c1ccccc1)C1(CCSc2ccccc2)OC12CCCCC2. The molecule has 0 aromatic heterocycles. The molecule has 1 aliphatic carbocycles. The highest BCUT2D eigenvalue weighted by Crippen LogP contribution is 2.61. The Kier molecular flexibility index (Phi) is 5.03. The summed E-state index contributed by atoms with van der Waals surface area (Å²) in [4.78, 5) is 1.67. The van der Waals surface area contributed by atoms with Crippen molar-refractivity contribution in [3.8, 4) is 0 Å². The van der Waals surface area contributed by atoms with Gasteiger partial charge in [0.05, 0.1) is 10.8 Å². The summed E-state index contributed by atoms with van der Waals surface area (Å²) in [5, 5.41) is 0. The zero-order valence-corrected chi connectivity index (χ0v) is 16.0. The number of benzene rings is 2. The van der Waals surface area contributed by atoms with Crippen LogP contribution in [0.5, 0.6) is 0 Å². The van der Waals surface area contributed by atoms with Gasteiger partial charge in [-0.3, -0.25) is 4.21 Å². The number of thioether (sulfide) groups is 1. The van der Waals surface area contributed by atoms with Crippen molar-refractivity contribution in [3.63, 3.8) is 0 Å². The predicted octanol–water partition coefficient (Wildman–Crippen LogP) is 5.41. The molecule has 2 aliphatic rings. The second-order valence-electron chi connectivity index (χ2n) is 6.90. The van der Waals surface area contributed by atoms with E-state index in [0.717, 1.165) is 29.9 Å². The molecule has 2 fully saturated rings. The average Bonchev–Trinajstić information content (AvgIpc) is 3.29. The number of ether oxygens (including phenoxy) is 1. The van der Waals surface area contributed by atoms with Gasteiger partial charge in [0.25, 0.3) is 0 Å². The number of hydrogen-bond acceptors (Lipinski definition) is 3. The second kappa shape index (κ2) is 7.26. The summed E-state index contributed by atoms with van der Waals surface area (Å²) in [5.41, 5.74) is -0.150. The van der Waals surface area contributed by atoms with Crippen LogP contribution in [0.15, 0.2) is 70.5 Å². The van der Waals surface area contributed by atoms with Gasteiger partial charge in [-0.05, 0) is 37.1 Å². The normalized spacial score (nSPS) is 25.6. The Morgan fingerprint density at radius 2 is 1.56 bits per heavy atom. The highest BCUT2D eigenvalue weighted by atomic mass is 32.2. The van der Waals surface area contributed by atoms with Crippen LogP contribution in [0.3, 0.4) is 0 Å². The topological polar surface area (TPSA) is 29.6 Å². The van der Waals surface area contributed by atoms with E-state index in [1.54, 1.807) is 0 Å². The molecule has 4 rings (SSSR count). The van der Waals surface area contributed by atoms with Crippen LogP contribution in [0.4, 0.5) is 0 Å². The Hall–Kier alpha value is -1.10. The van der Waals surface area contributed by atoms with E-state index in [-0.39, 0.29) is 5.60 Å². The van der Waals surface area contributed by atoms with Crippen LogP contribution in [-0.4, -0.2) is 20.5 Å². The zero-order chi connectivity index (χ0) is 17.2. The largest absolute Gasteiger partial charge is 0.348 e. The fourth-order valence-electron chi connectivity index (χ4n) is 4.03. The maximum atomic E-state index is 13.4. The van der Waals surface area contributed by atoms with Crippen molar-refractivity contribution in [2.24, 2.45) is 0 Å². The van der Waals surface area contributed by atoms with Gasteiger partial charge < -0.3 is 4.74 Å². The molecule has 0 N–H and O–H groups in total. The molecule has 1 saturated carbocycles. The van der Waals surface area contributed by atoms with Crippen LogP contribution < -0.4 is 0 Å². The van der Waals surface area contributed by atoms with Crippen LogP contribution in [-0.2, 0) is 15.5 Å². The Morgan fingerprint density at radius 3 is 2.24 bits per heavy atom. The Balaban J connectivity index is 1.52. The van der Waals surface area contributed by atoms with Gasteiger partial charge in [0, 0.05) is 22.0 Å². The molecular formula is C21H24O2S2. The molecule has 1 aliphatic heterocycles. The van der Waals surface area contributed by atoms with Crippen molar-refractivity contribution in [2.75, 3.05) is 5.75 Å². The quantitative estimate of drug-likeness (QED) is 0.502. The van der Waals surface area contributed by atoms with Crippen LogP contribution in [0.2, 0.25) is 0 Å². The molecule has 132 valence electrons. The first-order chi connectivity index (χ1) is 12.3. The fourth-order valence-corrected chi connectivity index (χ4v) is 6.98. The second-order valence-corrected chi connectivity index (χ2v) is 9.74. The minimum Gasteiger partial charge on any atom is -0.348 e. The molecule has 1 spiro atoms. The Bertz CT molecular complexity index is 726. The maximum absolute atomic E-state index is 13.4. The monoisotopic (exact) mass is 372 g/mol. The molecule has 1 heterocycles. The molecular weight excluding hydrogens is 348 g/mol. The first kappa shape index (κ1) is 17.3. The molecule has 2 atom stereocenters. The third-order valence-corrected chi connectivity index (χ3v) is 8.35. The van der Waals surface area contributed by atoms with Gasteiger partial charge in [-0.15, -0.1) is 11.8 Å². The molecule has 0 bridgehead atoms. The van der Waals surface area contributed by atoms with Gasteiger partial charge in [0.2, 0.25) is 0 Å². The lowest BCUT2D eigenvalue weighted by Gasteiger charge is -2.23. The van der Waals surface area contributed by atoms with Crippen molar-refractivity contribution in [2.45, 2.75) is 58.9 Å². The van der Waals surface area contributed by atoms with E-state index in [9.17, 15) is 4.21 Å². The summed E-state index contributed by atoms with van der Waals surface area (Å²) in [5.74, 6) is 0.935. The van der Waals surface area contributed by atoms with Crippen LogP contribution in [0.1, 0.15) is 38.5 Å². The van der Waals surface area contributed by atoms with E-state index in [4.69, 9.17) is 4.74 Å². The van der Waals surface area contributed by atoms with Crippen LogP contribution in [0, 0.1) is 0 Å². The molecule has 25 heavy (non-hydrogen) atoms. The van der Waals surface area contributed by atoms with Gasteiger partial charge in [0.15, 0.2) is 4.93 Å². The molecule has 2 nitrogen and oxygen atoms in total. The molecule has 2 unspecified atom stereocenters. The van der Waals surface area contributed by atoms with Crippen molar-refractivity contribution >= 4 is 22.6 Å². The van der Waals surface area contributed by atoms with E-state index in [1.807, 2.05) is 48.2 Å². The molecule has 1 saturated heterocycles. The molecule has 4 heteroatoms. The van der Waals surface area contributed by atoms with E-state index in [1.165, 1.54) is 24.2 Å². The lowest BCUT2D eigenvalue weighted by Crippen LogP contribution is -2.33. The van der Waals surface area contributed by atoms with Crippen molar-refractivity contribution in [3.05, 3.63) is 60.7 Å². The number of rotatable bonds is 6. The summed E-state index contributed by atoms with van der Waals surface area (Å²) in [7, 11) is -1.11. The first-order valence-corrected chi connectivity index (χ1v) is 11.2. The lowest BCUT2D eigenvalue weighted by molar-refractivity contribution is 0.231. The minimum atomic E-state index is -1.11. The van der Waals surface area contributed by atoms with E-state index < -0.39 is 15.7 Å². The summed E-state index contributed by atoms with van der Waals surface area (Å²) in [6.45, 7) is 0. The van der Waals surface area contributed by atoms with Crippen LogP contribution >= 0.6 is 11.8 Å². The summed E-state index contributed by atoms with van der Waals surface area (Å²) < 4.78 is 19.8. The lowest BCUT2D eigenvalue weighted by atomic mass is 9.85. The van der Waals surface area contributed by atoms with E-state index in [0.29, 0.717) is 0 Å². The van der Waals surface area contributed by atoms with Crippen molar-refractivity contribution < 1.29 is 8.95 Å². The van der Waals surface area contributed by atoms with Gasteiger partial charge in [-0.25, -0.2) is 0 Å². The highest BCUT2D eigenvalue weighted by Gasteiger charge is 2.72. The number of hydrogen-bond donors (Lipinski definition) is 0. The van der Waals surface area contributed by atoms with Gasteiger partial charge in [-0.1, -0.05) is 55.7 Å². The fraction of sp³-hybridized carbons (Fsp3) is 0.429. The van der Waals surface area contributed by atoms with Gasteiger partial charge in [-0.2, -0.15) is 0 Å². The van der Waals surface area contributed by atoms with E-state index in [2.05, 4.69) is 24.3 Å². The molecule has 0 radical (unpaired) electrons. The average molecular weight is 373 g/mol. The van der Waals surface area contributed by atoms with Gasteiger partial charge in [0.1, 0.15) is 5.60 Å². The minimum absolute atomic E-state index is 0.150. The summed E-state index contributed by atoms with van der Waals surface area (Å²) >= 11 is 1.83. The standard InChI is InChI=1S/C21H24O2S2/c22-25(19-12-6-2-7-13-19)21(20(23-21)14-8-3-9-15-20)16-17-24-18-10-4-1-5-11-18/h1-2,4-7,10-13H,3,8-9,14-17H2. The van der Waals surface area contributed by atoms with Gasteiger partial charge >= 0.3 is 0 Å². The Labute approximate surface area is 156 Å². The summed E-state index contributed by atoms with van der Waals surface area (Å²) in [6.07, 6.45) is 6.62. The maximum Gasteiger partial charge on any atom is 0.177 e. The highest BCUT2D eigenvalue weighted by molar-refractivity contribution is 7.99. The Morgan fingerprint density at radius 1 is 0.920 bits per heavy atom. The zero-order valence-electron chi connectivity index (χ0n) is 14.4. The molecule has 2 aromatic rings. The third-order valence-electron chi connectivity index (χ3n) is 5.37. The van der Waals surface area contributed by atoms with Crippen LogP contribution in [0.25, 0.3) is 0 Å².